The molecular weight excluding hydrogens is 472 g/mol. The highest BCUT2D eigenvalue weighted by molar-refractivity contribution is 7.99. The standard InChI is InChI=1S/C23H22N6O3S2/c1-29-19(12-24-22-26-18(13-33-22)15-7-4-3-5-8-15)27-28-23(29)34-14-20(30)25-17-10-6-9-16(11-17)21(31)32-2/h3-11,13H,12,14H2,1-2H3,(H,24,26)(H,25,30). The van der Waals surface area contributed by atoms with Gasteiger partial charge in [0.05, 0.1) is 30.7 Å². The van der Waals surface area contributed by atoms with Gasteiger partial charge in [-0.15, -0.1) is 21.5 Å². The predicted molar refractivity (Wildman–Crippen MR) is 133 cm³/mol. The summed E-state index contributed by atoms with van der Waals surface area (Å²) in [6, 6.07) is 16.6. The van der Waals surface area contributed by atoms with Gasteiger partial charge in [-0.1, -0.05) is 48.2 Å². The summed E-state index contributed by atoms with van der Waals surface area (Å²) in [6.07, 6.45) is 0. The van der Waals surface area contributed by atoms with Gasteiger partial charge in [-0.3, -0.25) is 4.79 Å². The number of anilines is 2. The molecule has 0 saturated heterocycles. The molecule has 0 aliphatic heterocycles. The van der Waals surface area contributed by atoms with Gasteiger partial charge in [-0.25, -0.2) is 9.78 Å². The van der Waals surface area contributed by atoms with Crippen molar-refractivity contribution in [3.63, 3.8) is 0 Å². The summed E-state index contributed by atoms with van der Waals surface area (Å²) in [5.41, 5.74) is 2.88. The van der Waals surface area contributed by atoms with Crippen molar-refractivity contribution >= 4 is 45.8 Å². The molecule has 0 bridgehead atoms. The van der Waals surface area contributed by atoms with Gasteiger partial charge in [0.25, 0.3) is 0 Å². The molecule has 2 N–H and O–H groups in total. The molecule has 0 spiro atoms. The number of aromatic nitrogens is 4. The lowest BCUT2D eigenvalue weighted by Gasteiger charge is -2.07. The Morgan fingerprint density at radius 3 is 2.74 bits per heavy atom. The van der Waals surface area contributed by atoms with Gasteiger partial charge < -0.3 is 19.9 Å². The van der Waals surface area contributed by atoms with Crippen LogP contribution in [0.4, 0.5) is 10.8 Å². The number of thioether (sulfide) groups is 1. The number of ether oxygens (including phenoxy) is 1. The fourth-order valence-electron chi connectivity index (χ4n) is 3.04. The first-order chi connectivity index (χ1) is 16.5. The zero-order chi connectivity index (χ0) is 23.9. The minimum absolute atomic E-state index is 0.148. The second kappa shape index (κ2) is 10.9. The molecular formula is C23H22N6O3S2. The van der Waals surface area contributed by atoms with E-state index in [9.17, 15) is 9.59 Å². The second-order valence-electron chi connectivity index (χ2n) is 7.12. The first-order valence-electron chi connectivity index (χ1n) is 10.3. The van der Waals surface area contributed by atoms with E-state index in [2.05, 4.69) is 25.8 Å². The van der Waals surface area contributed by atoms with Crippen molar-refractivity contribution < 1.29 is 14.3 Å². The first kappa shape index (κ1) is 23.5. The molecule has 0 aliphatic rings. The van der Waals surface area contributed by atoms with E-state index in [0.29, 0.717) is 23.0 Å². The number of carbonyl (C=O) groups excluding carboxylic acids is 2. The molecule has 0 saturated carbocycles. The van der Waals surface area contributed by atoms with E-state index >= 15 is 0 Å². The van der Waals surface area contributed by atoms with Gasteiger partial charge >= 0.3 is 5.97 Å². The third kappa shape index (κ3) is 5.80. The van der Waals surface area contributed by atoms with Crippen molar-refractivity contribution in [2.24, 2.45) is 7.05 Å². The van der Waals surface area contributed by atoms with Crippen LogP contribution < -0.4 is 10.6 Å². The normalized spacial score (nSPS) is 10.6. The smallest absolute Gasteiger partial charge is 0.337 e. The number of rotatable bonds is 9. The lowest BCUT2D eigenvalue weighted by atomic mass is 10.2. The van der Waals surface area contributed by atoms with Crippen molar-refractivity contribution in [2.75, 3.05) is 23.5 Å². The lowest BCUT2D eigenvalue weighted by molar-refractivity contribution is -0.113. The number of nitrogens with zero attached hydrogens (tertiary/aromatic N) is 4. The average Bonchev–Trinajstić information content (AvgIpc) is 3.48. The summed E-state index contributed by atoms with van der Waals surface area (Å²) >= 11 is 2.81. The highest BCUT2D eigenvalue weighted by atomic mass is 32.2. The maximum Gasteiger partial charge on any atom is 0.337 e. The zero-order valence-corrected chi connectivity index (χ0v) is 20.2. The highest BCUT2D eigenvalue weighted by Gasteiger charge is 2.13. The number of nitrogens with one attached hydrogen (secondary N) is 2. The van der Waals surface area contributed by atoms with Gasteiger partial charge in [0.1, 0.15) is 0 Å². The summed E-state index contributed by atoms with van der Waals surface area (Å²) in [5.74, 6) is 0.199. The Morgan fingerprint density at radius 1 is 1.12 bits per heavy atom. The maximum absolute atomic E-state index is 12.4. The quantitative estimate of drug-likeness (QED) is 0.265. The van der Waals surface area contributed by atoms with Crippen molar-refractivity contribution in [3.05, 3.63) is 71.4 Å². The van der Waals surface area contributed by atoms with E-state index in [4.69, 9.17) is 4.74 Å². The van der Waals surface area contributed by atoms with Crippen LogP contribution in [-0.2, 0) is 23.1 Å². The molecule has 4 aromatic rings. The number of carbonyl (C=O) groups is 2. The first-order valence-corrected chi connectivity index (χ1v) is 12.1. The van der Waals surface area contributed by atoms with Crippen molar-refractivity contribution in [1.82, 2.24) is 19.7 Å². The summed E-state index contributed by atoms with van der Waals surface area (Å²) in [7, 11) is 3.17. The van der Waals surface area contributed by atoms with Crippen LogP contribution in [0.15, 0.2) is 65.1 Å². The summed E-state index contributed by atoms with van der Waals surface area (Å²) < 4.78 is 6.55. The molecule has 0 fully saturated rings. The van der Waals surface area contributed by atoms with Crippen LogP contribution in [0.3, 0.4) is 0 Å². The van der Waals surface area contributed by atoms with Gasteiger partial charge in [-0.05, 0) is 18.2 Å². The molecule has 0 atom stereocenters. The van der Waals surface area contributed by atoms with Crippen LogP contribution in [-0.4, -0.2) is 44.5 Å². The topological polar surface area (TPSA) is 111 Å². The van der Waals surface area contributed by atoms with E-state index in [1.807, 2.05) is 47.3 Å². The zero-order valence-electron chi connectivity index (χ0n) is 18.5. The molecule has 2 heterocycles. The lowest BCUT2D eigenvalue weighted by Crippen LogP contribution is -2.15. The average molecular weight is 495 g/mol. The second-order valence-corrected chi connectivity index (χ2v) is 8.93. The molecule has 34 heavy (non-hydrogen) atoms. The molecule has 9 nitrogen and oxygen atoms in total. The monoisotopic (exact) mass is 494 g/mol. The molecule has 174 valence electrons. The van der Waals surface area contributed by atoms with E-state index in [1.165, 1.54) is 30.2 Å². The van der Waals surface area contributed by atoms with Crippen molar-refractivity contribution in [3.8, 4) is 11.3 Å². The van der Waals surface area contributed by atoms with E-state index < -0.39 is 5.97 Å². The summed E-state index contributed by atoms with van der Waals surface area (Å²) in [5, 5.41) is 17.9. The number of methoxy groups -OCH3 is 1. The molecule has 2 aromatic carbocycles. The van der Waals surface area contributed by atoms with Gasteiger partial charge in [0, 0.05) is 23.7 Å². The largest absolute Gasteiger partial charge is 0.465 e. The minimum Gasteiger partial charge on any atom is -0.465 e. The van der Waals surface area contributed by atoms with E-state index in [1.54, 1.807) is 24.3 Å². The fourth-order valence-corrected chi connectivity index (χ4v) is 4.49. The SMILES string of the molecule is COC(=O)c1cccc(NC(=O)CSc2nnc(CNc3nc(-c4ccccc4)cs3)n2C)c1. The summed E-state index contributed by atoms with van der Waals surface area (Å²) in [6.45, 7) is 0.457. The summed E-state index contributed by atoms with van der Waals surface area (Å²) in [4.78, 5) is 28.6. The number of benzene rings is 2. The van der Waals surface area contributed by atoms with Crippen molar-refractivity contribution in [2.45, 2.75) is 11.7 Å². The molecule has 4 rings (SSSR count). The Hall–Kier alpha value is -3.70. The van der Waals surface area contributed by atoms with Gasteiger partial charge in [-0.2, -0.15) is 0 Å². The molecule has 0 aliphatic carbocycles. The Bertz CT molecular complexity index is 1290. The van der Waals surface area contributed by atoms with Crippen molar-refractivity contribution in [1.29, 1.82) is 0 Å². The Morgan fingerprint density at radius 2 is 1.94 bits per heavy atom. The Balaban J connectivity index is 1.29. The molecule has 1 amide bonds. The fraction of sp³-hybridized carbons (Fsp3) is 0.174. The predicted octanol–water partition coefficient (Wildman–Crippen LogP) is 4.07. The Kier molecular flexibility index (Phi) is 7.55. The molecule has 0 unspecified atom stereocenters. The number of amides is 1. The maximum atomic E-state index is 12.4. The van der Waals surface area contributed by atoms with Crippen LogP contribution in [0.5, 0.6) is 0 Å². The van der Waals surface area contributed by atoms with Crippen LogP contribution in [0.1, 0.15) is 16.2 Å². The Labute approximate surface area is 204 Å². The number of thiazole rings is 1. The van der Waals surface area contributed by atoms with Gasteiger partial charge in [0.15, 0.2) is 16.1 Å². The number of hydrogen-bond acceptors (Lipinski definition) is 9. The van der Waals surface area contributed by atoms with Crippen LogP contribution in [0.2, 0.25) is 0 Å². The van der Waals surface area contributed by atoms with Crippen LogP contribution >= 0.6 is 23.1 Å². The number of esters is 1. The van der Waals surface area contributed by atoms with Gasteiger partial charge in [0.2, 0.25) is 5.91 Å². The molecule has 11 heteroatoms. The highest BCUT2D eigenvalue weighted by Crippen LogP contribution is 2.25. The third-order valence-electron chi connectivity index (χ3n) is 4.80. The third-order valence-corrected chi connectivity index (χ3v) is 6.62. The number of hydrogen-bond donors (Lipinski definition) is 2. The van der Waals surface area contributed by atoms with E-state index in [-0.39, 0.29) is 11.7 Å². The molecule has 0 radical (unpaired) electrons. The minimum atomic E-state index is -0.459. The van der Waals surface area contributed by atoms with Crippen LogP contribution in [0.25, 0.3) is 11.3 Å². The van der Waals surface area contributed by atoms with Crippen LogP contribution in [0, 0.1) is 0 Å². The van der Waals surface area contributed by atoms with E-state index in [0.717, 1.165) is 22.2 Å². The molecule has 2 aromatic heterocycles.